The molecule has 500 valence electrons. The first-order valence-electron chi connectivity index (χ1n) is 38.9. The normalized spacial score (nSPS) is 12.5. The molecule has 6 nitrogen and oxygen atoms in total. The number of carbonyl (C=O) groups is 2. The van der Waals surface area contributed by atoms with Crippen LogP contribution in [0.2, 0.25) is 0 Å². The molecule has 3 N–H and O–H groups in total. The maximum Gasteiger partial charge on any atom is 0.305 e. The van der Waals surface area contributed by atoms with Crippen molar-refractivity contribution in [2.75, 3.05) is 13.2 Å². The first-order valence-corrected chi connectivity index (χ1v) is 38.9. The van der Waals surface area contributed by atoms with Crippen molar-refractivity contribution in [1.82, 2.24) is 5.32 Å². The third-order valence-corrected chi connectivity index (χ3v) is 18.6. The number of hydrogen-bond donors (Lipinski definition) is 3. The molecule has 2 atom stereocenters. The molecule has 0 bridgehead atoms. The minimum atomic E-state index is -0.660. The summed E-state index contributed by atoms with van der Waals surface area (Å²) >= 11 is 0. The number of ether oxygens (including phenoxy) is 1. The van der Waals surface area contributed by atoms with Gasteiger partial charge in [-0.3, -0.25) is 9.59 Å². The number of nitrogens with one attached hydrogen (secondary N) is 1. The molecule has 0 aromatic heterocycles. The van der Waals surface area contributed by atoms with Gasteiger partial charge in [0.05, 0.1) is 25.4 Å². The Morgan fingerprint density at radius 3 is 0.845 bits per heavy atom. The summed E-state index contributed by atoms with van der Waals surface area (Å²) in [7, 11) is 0. The van der Waals surface area contributed by atoms with Crippen molar-refractivity contribution in [3.05, 3.63) is 12.2 Å². The lowest BCUT2D eigenvalue weighted by molar-refractivity contribution is -0.143. The lowest BCUT2D eigenvalue weighted by Gasteiger charge is -2.22. The monoisotopic (exact) mass is 1180 g/mol. The van der Waals surface area contributed by atoms with Gasteiger partial charge in [0.2, 0.25) is 5.91 Å². The predicted molar refractivity (Wildman–Crippen MR) is 370 cm³/mol. The zero-order chi connectivity index (χ0) is 60.6. The number of unbranched alkanes of at least 4 members (excludes halogenated alkanes) is 61. The molecular formula is C78H153NO5. The van der Waals surface area contributed by atoms with E-state index in [4.69, 9.17) is 4.74 Å². The van der Waals surface area contributed by atoms with E-state index in [1.807, 2.05) is 0 Å². The number of carbonyl (C=O) groups excluding carboxylic acids is 2. The second kappa shape index (κ2) is 74.1. The third-order valence-electron chi connectivity index (χ3n) is 18.6. The van der Waals surface area contributed by atoms with Crippen LogP contribution >= 0.6 is 0 Å². The van der Waals surface area contributed by atoms with Crippen LogP contribution in [0.5, 0.6) is 0 Å². The van der Waals surface area contributed by atoms with Gasteiger partial charge in [0.25, 0.3) is 0 Å². The summed E-state index contributed by atoms with van der Waals surface area (Å²) in [5.74, 6) is -0.00974. The molecule has 0 radical (unpaired) electrons. The van der Waals surface area contributed by atoms with Gasteiger partial charge in [-0.05, 0) is 51.4 Å². The number of rotatable bonds is 74. The Morgan fingerprint density at radius 2 is 0.560 bits per heavy atom. The van der Waals surface area contributed by atoms with Gasteiger partial charge in [0.1, 0.15) is 0 Å². The third kappa shape index (κ3) is 69.7. The van der Waals surface area contributed by atoms with Crippen LogP contribution in [0.15, 0.2) is 12.2 Å². The smallest absolute Gasteiger partial charge is 0.305 e. The predicted octanol–water partition coefficient (Wildman–Crippen LogP) is 25.5. The zero-order valence-corrected chi connectivity index (χ0v) is 57.4. The summed E-state index contributed by atoms with van der Waals surface area (Å²) in [5.41, 5.74) is 0. The fraction of sp³-hybridized carbons (Fsp3) is 0.949. The summed E-state index contributed by atoms with van der Waals surface area (Å²) in [6.07, 6.45) is 93.0. The van der Waals surface area contributed by atoms with Crippen molar-refractivity contribution >= 4 is 11.9 Å². The molecule has 0 fully saturated rings. The summed E-state index contributed by atoms with van der Waals surface area (Å²) in [6, 6.07) is -0.537. The average Bonchev–Trinajstić information content (AvgIpc) is 3.51. The SMILES string of the molecule is CCCCCCC/C=C\CCCCCCCC(=O)OCCCCCCCCCCCCCCCCCCCCCCCCCCCCCCCCCCCCCC(=O)NC(CO)C(O)CCCCCCCCCCCCCCCCCCCC. The number of hydrogen-bond acceptors (Lipinski definition) is 5. The molecule has 0 aliphatic rings. The lowest BCUT2D eigenvalue weighted by Crippen LogP contribution is -2.45. The van der Waals surface area contributed by atoms with E-state index in [2.05, 4.69) is 31.3 Å². The fourth-order valence-electron chi connectivity index (χ4n) is 12.6. The van der Waals surface area contributed by atoms with Gasteiger partial charge in [-0.25, -0.2) is 0 Å². The average molecular weight is 1190 g/mol. The van der Waals surface area contributed by atoms with Crippen LogP contribution < -0.4 is 5.32 Å². The summed E-state index contributed by atoms with van der Waals surface area (Å²) in [5, 5.41) is 23.4. The molecule has 0 saturated carbocycles. The number of aliphatic hydroxyl groups excluding tert-OH is 2. The van der Waals surface area contributed by atoms with Crippen LogP contribution in [-0.4, -0.2) is 47.4 Å². The summed E-state index contributed by atoms with van der Waals surface area (Å²) in [4.78, 5) is 24.6. The van der Waals surface area contributed by atoms with Gasteiger partial charge in [-0.1, -0.05) is 398 Å². The molecule has 6 heteroatoms. The Kier molecular flexibility index (Phi) is 72.8. The van der Waals surface area contributed by atoms with Gasteiger partial charge in [0.15, 0.2) is 0 Å². The van der Waals surface area contributed by atoms with Crippen LogP contribution in [0.25, 0.3) is 0 Å². The highest BCUT2D eigenvalue weighted by molar-refractivity contribution is 5.76. The minimum absolute atomic E-state index is 0.0151. The molecule has 1 amide bonds. The number of allylic oxidation sites excluding steroid dienone is 2. The highest BCUT2D eigenvalue weighted by atomic mass is 16.5. The Labute approximate surface area is 527 Å². The standard InChI is InChI=1S/C78H153NO5/c1-3-5-7-9-11-13-15-17-19-20-40-43-46-50-54-58-62-66-70-76(81)75(74-80)79-77(82)71-67-63-59-55-51-47-44-41-38-36-34-32-30-28-26-24-22-21-23-25-27-29-31-33-35-37-39-42-45-49-53-57-61-65-69-73-84-78(83)72-68-64-60-56-52-48-18-16-14-12-10-8-6-4-2/h16,18,75-76,80-81H,3-15,17,19-74H2,1-2H3,(H,79,82)/b18-16-. The summed E-state index contributed by atoms with van der Waals surface area (Å²) < 4.78 is 5.49. The highest BCUT2D eigenvalue weighted by Crippen LogP contribution is 2.20. The maximum absolute atomic E-state index is 12.5. The van der Waals surface area contributed by atoms with Crippen LogP contribution in [0, 0.1) is 0 Å². The van der Waals surface area contributed by atoms with Crippen molar-refractivity contribution in [2.45, 2.75) is 463 Å². The van der Waals surface area contributed by atoms with E-state index >= 15 is 0 Å². The molecule has 0 aromatic carbocycles. The van der Waals surface area contributed by atoms with E-state index in [-0.39, 0.29) is 18.5 Å². The molecule has 0 aliphatic carbocycles. The van der Waals surface area contributed by atoms with E-state index < -0.39 is 12.1 Å². The van der Waals surface area contributed by atoms with Crippen molar-refractivity contribution < 1.29 is 24.5 Å². The van der Waals surface area contributed by atoms with E-state index in [1.165, 1.54) is 372 Å². The molecule has 0 aliphatic heterocycles. The van der Waals surface area contributed by atoms with Crippen molar-refractivity contribution in [2.24, 2.45) is 0 Å². The highest BCUT2D eigenvalue weighted by Gasteiger charge is 2.20. The van der Waals surface area contributed by atoms with Crippen molar-refractivity contribution in [1.29, 1.82) is 0 Å². The molecule has 84 heavy (non-hydrogen) atoms. The Balaban J connectivity index is 3.30. The molecule has 0 heterocycles. The van der Waals surface area contributed by atoms with E-state index in [0.717, 1.165) is 44.9 Å². The molecule has 0 rings (SSSR count). The molecule has 0 aromatic rings. The van der Waals surface area contributed by atoms with Gasteiger partial charge < -0.3 is 20.3 Å². The number of amides is 1. The van der Waals surface area contributed by atoms with Crippen molar-refractivity contribution in [3.63, 3.8) is 0 Å². The second-order valence-electron chi connectivity index (χ2n) is 27.0. The van der Waals surface area contributed by atoms with Gasteiger partial charge in [0, 0.05) is 12.8 Å². The van der Waals surface area contributed by atoms with Gasteiger partial charge >= 0.3 is 5.97 Å². The molecule has 2 unspecified atom stereocenters. The zero-order valence-electron chi connectivity index (χ0n) is 57.4. The van der Waals surface area contributed by atoms with Crippen molar-refractivity contribution in [3.8, 4) is 0 Å². The molecule has 0 spiro atoms. The van der Waals surface area contributed by atoms with E-state index in [9.17, 15) is 19.8 Å². The van der Waals surface area contributed by atoms with Gasteiger partial charge in [-0.15, -0.1) is 0 Å². The first kappa shape index (κ1) is 82.6. The quantitative estimate of drug-likeness (QED) is 0.0320. The summed E-state index contributed by atoms with van der Waals surface area (Å²) in [6.45, 7) is 4.99. The Morgan fingerprint density at radius 1 is 0.321 bits per heavy atom. The Hall–Kier alpha value is -1.40. The van der Waals surface area contributed by atoms with Crippen LogP contribution in [0.4, 0.5) is 0 Å². The Bertz CT molecular complexity index is 1270. The first-order chi connectivity index (χ1) is 41.5. The molecular weight excluding hydrogens is 1030 g/mol. The largest absolute Gasteiger partial charge is 0.466 e. The fourth-order valence-corrected chi connectivity index (χ4v) is 12.6. The number of aliphatic hydroxyl groups is 2. The lowest BCUT2D eigenvalue weighted by atomic mass is 10.0. The number of esters is 1. The second-order valence-corrected chi connectivity index (χ2v) is 27.0. The van der Waals surface area contributed by atoms with Crippen LogP contribution in [0.1, 0.15) is 450 Å². The molecule has 0 saturated heterocycles. The maximum atomic E-state index is 12.5. The topological polar surface area (TPSA) is 95.9 Å². The van der Waals surface area contributed by atoms with Gasteiger partial charge in [-0.2, -0.15) is 0 Å². The van der Waals surface area contributed by atoms with Crippen LogP contribution in [0.3, 0.4) is 0 Å². The van der Waals surface area contributed by atoms with E-state index in [1.54, 1.807) is 0 Å². The minimum Gasteiger partial charge on any atom is -0.466 e. The van der Waals surface area contributed by atoms with E-state index in [0.29, 0.717) is 25.9 Å². The van der Waals surface area contributed by atoms with Crippen LogP contribution in [-0.2, 0) is 14.3 Å².